The van der Waals surface area contributed by atoms with Gasteiger partial charge in [-0.2, -0.15) is 14.8 Å². The van der Waals surface area contributed by atoms with Crippen LogP contribution < -0.4 is 15.8 Å². The Morgan fingerprint density at radius 1 is 1.18 bits per heavy atom. The lowest BCUT2D eigenvalue weighted by Gasteiger charge is -2.07. The molecule has 0 aliphatic carbocycles. The van der Waals surface area contributed by atoms with E-state index in [0.717, 1.165) is 24.3 Å². The number of rotatable bonds is 11. The molecule has 1 aromatic carbocycles. The zero-order valence-electron chi connectivity index (χ0n) is 17.7. The first kappa shape index (κ1) is 23.9. The minimum absolute atomic E-state index is 0. The largest absolute Gasteiger partial charge is 0.494 e. The van der Waals surface area contributed by atoms with Crippen molar-refractivity contribution in [3.63, 3.8) is 0 Å². The number of carboxylic acid groups (broad SMARTS) is 1. The van der Waals surface area contributed by atoms with Gasteiger partial charge in [0.1, 0.15) is 5.75 Å². The zero-order chi connectivity index (χ0) is 22.3. The van der Waals surface area contributed by atoms with Gasteiger partial charge in [0, 0.05) is 19.2 Å². The molecule has 0 atom stereocenters. The van der Waals surface area contributed by atoms with Crippen LogP contribution in [0.5, 0.6) is 5.75 Å². The molecule has 3 aromatic heterocycles. The summed E-state index contributed by atoms with van der Waals surface area (Å²) in [6, 6.07) is 7.24. The van der Waals surface area contributed by atoms with Crippen LogP contribution in [0.3, 0.4) is 0 Å². The standard InChI is InChI=1S/C20H23N9O3.ClH/c21-8-2-9-28-13-14(11-23-28)24-20-22-12-17-19(25-20)29(27-26-17)15-4-6-16(7-5-15)32-10-1-3-18(30)31;/h4-7,11-13H,1-3,8-10,21H2,(H,30,31)(H,22,24,25);1H. The number of aryl methyl sites for hydroxylation is 1. The van der Waals surface area contributed by atoms with Gasteiger partial charge in [0.05, 0.1) is 30.4 Å². The normalized spacial score (nSPS) is 10.7. The zero-order valence-corrected chi connectivity index (χ0v) is 18.5. The molecule has 0 unspecified atom stereocenters. The van der Waals surface area contributed by atoms with Gasteiger partial charge in [-0.25, -0.2) is 4.98 Å². The highest BCUT2D eigenvalue weighted by Gasteiger charge is 2.11. The van der Waals surface area contributed by atoms with Crippen molar-refractivity contribution in [3.05, 3.63) is 42.9 Å². The van der Waals surface area contributed by atoms with E-state index < -0.39 is 5.97 Å². The fraction of sp³-hybridized carbons (Fsp3) is 0.300. The van der Waals surface area contributed by atoms with Crippen molar-refractivity contribution >= 4 is 41.2 Å². The van der Waals surface area contributed by atoms with E-state index in [9.17, 15) is 4.79 Å². The van der Waals surface area contributed by atoms with E-state index >= 15 is 0 Å². The number of hydrogen-bond acceptors (Lipinski definition) is 9. The maximum atomic E-state index is 10.6. The summed E-state index contributed by atoms with van der Waals surface area (Å²) in [6.07, 6.45) is 6.55. The van der Waals surface area contributed by atoms with Crippen LogP contribution >= 0.6 is 12.4 Å². The van der Waals surface area contributed by atoms with Crippen molar-refractivity contribution in [2.45, 2.75) is 25.8 Å². The number of halogens is 1. The van der Waals surface area contributed by atoms with E-state index in [1.54, 1.807) is 29.2 Å². The fourth-order valence-electron chi connectivity index (χ4n) is 2.99. The Kier molecular flexibility index (Phi) is 8.11. The molecule has 33 heavy (non-hydrogen) atoms. The summed E-state index contributed by atoms with van der Waals surface area (Å²) in [4.78, 5) is 19.4. The summed E-state index contributed by atoms with van der Waals surface area (Å²) in [6.45, 7) is 1.69. The van der Waals surface area contributed by atoms with Crippen molar-refractivity contribution in [2.75, 3.05) is 18.5 Å². The first-order chi connectivity index (χ1) is 15.6. The molecule has 13 heteroatoms. The molecule has 0 saturated heterocycles. The molecular weight excluding hydrogens is 450 g/mol. The first-order valence-electron chi connectivity index (χ1n) is 10.2. The van der Waals surface area contributed by atoms with Gasteiger partial charge in [0.15, 0.2) is 11.2 Å². The van der Waals surface area contributed by atoms with Crippen LogP contribution in [0.1, 0.15) is 19.3 Å². The third-order valence-corrected chi connectivity index (χ3v) is 4.56. The van der Waals surface area contributed by atoms with Gasteiger partial charge in [-0.15, -0.1) is 17.5 Å². The van der Waals surface area contributed by atoms with E-state index in [0.29, 0.717) is 42.4 Å². The molecule has 0 radical (unpaired) electrons. The van der Waals surface area contributed by atoms with Crippen molar-refractivity contribution in [3.8, 4) is 11.4 Å². The Bertz CT molecular complexity index is 1190. The molecule has 0 fully saturated rings. The Morgan fingerprint density at radius 3 is 2.76 bits per heavy atom. The van der Waals surface area contributed by atoms with Crippen LogP contribution in [0.2, 0.25) is 0 Å². The quantitative estimate of drug-likeness (QED) is 0.275. The highest BCUT2D eigenvalue weighted by atomic mass is 35.5. The molecule has 0 aliphatic rings. The van der Waals surface area contributed by atoms with E-state index in [4.69, 9.17) is 15.6 Å². The van der Waals surface area contributed by atoms with Crippen molar-refractivity contribution in [1.29, 1.82) is 0 Å². The van der Waals surface area contributed by atoms with E-state index in [2.05, 4.69) is 30.7 Å². The number of nitrogens with one attached hydrogen (secondary N) is 1. The van der Waals surface area contributed by atoms with Gasteiger partial charge in [-0.1, -0.05) is 5.21 Å². The number of carboxylic acids is 1. The van der Waals surface area contributed by atoms with Gasteiger partial charge < -0.3 is 20.9 Å². The molecule has 0 spiro atoms. The minimum atomic E-state index is -0.835. The minimum Gasteiger partial charge on any atom is -0.494 e. The Balaban J connectivity index is 0.00000306. The molecule has 0 aliphatic heterocycles. The molecule has 4 rings (SSSR count). The number of fused-ring (bicyclic) bond motifs is 1. The number of carbonyl (C=O) groups is 1. The topological polar surface area (TPSA) is 159 Å². The monoisotopic (exact) mass is 473 g/mol. The summed E-state index contributed by atoms with van der Waals surface area (Å²) >= 11 is 0. The number of ether oxygens (including phenoxy) is 1. The fourth-order valence-corrected chi connectivity index (χ4v) is 2.99. The van der Waals surface area contributed by atoms with Crippen molar-refractivity contribution in [2.24, 2.45) is 5.73 Å². The smallest absolute Gasteiger partial charge is 0.303 e. The average molecular weight is 474 g/mol. The highest BCUT2D eigenvalue weighted by Crippen LogP contribution is 2.20. The Labute approximate surface area is 195 Å². The highest BCUT2D eigenvalue weighted by molar-refractivity contribution is 5.85. The van der Waals surface area contributed by atoms with Gasteiger partial charge in [-0.05, 0) is 43.7 Å². The van der Waals surface area contributed by atoms with Gasteiger partial charge in [-0.3, -0.25) is 9.48 Å². The number of anilines is 2. The average Bonchev–Trinajstić information content (AvgIpc) is 3.42. The second-order valence-corrected chi connectivity index (χ2v) is 7.00. The van der Waals surface area contributed by atoms with Gasteiger partial charge in [0.2, 0.25) is 5.95 Å². The number of nitrogens with zero attached hydrogens (tertiary/aromatic N) is 7. The summed E-state index contributed by atoms with van der Waals surface area (Å²) in [5.41, 5.74) is 8.17. The molecule has 0 saturated carbocycles. The molecule has 3 heterocycles. The predicted octanol–water partition coefficient (Wildman–Crippen LogP) is 2.16. The number of nitrogens with two attached hydrogens (primary N) is 1. The first-order valence-corrected chi connectivity index (χ1v) is 10.2. The lowest BCUT2D eigenvalue weighted by molar-refractivity contribution is -0.137. The molecular formula is C20H24ClN9O3. The second-order valence-electron chi connectivity index (χ2n) is 7.00. The molecule has 12 nitrogen and oxygen atoms in total. The summed E-state index contributed by atoms with van der Waals surface area (Å²) in [5, 5.41) is 24.4. The van der Waals surface area contributed by atoms with Crippen LogP contribution in [0.25, 0.3) is 16.9 Å². The maximum Gasteiger partial charge on any atom is 0.303 e. The van der Waals surface area contributed by atoms with E-state index in [-0.39, 0.29) is 18.8 Å². The summed E-state index contributed by atoms with van der Waals surface area (Å²) in [7, 11) is 0. The molecule has 0 amide bonds. The van der Waals surface area contributed by atoms with Crippen molar-refractivity contribution in [1.82, 2.24) is 34.7 Å². The number of aromatic nitrogens is 7. The van der Waals surface area contributed by atoms with E-state index in [1.807, 2.05) is 23.0 Å². The van der Waals surface area contributed by atoms with Crippen LogP contribution in [0, 0.1) is 0 Å². The van der Waals surface area contributed by atoms with Crippen LogP contribution in [-0.2, 0) is 11.3 Å². The molecule has 4 aromatic rings. The van der Waals surface area contributed by atoms with Crippen LogP contribution in [-0.4, -0.2) is 59.0 Å². The second kappa shape index (κ2) is 11.2. The van der Waals surface area contributed by atoms with Crippen molar-refractivity contribution < 1.29 is 14.6 Å². The third kappa shape index (κ3) is 6.14. The summed E-state index contributed by atoms with van der Waals surface area (Å²) < 4.78 is 8.99. The number of hydrogen-bond donors (Lipinski definition) is 3. The summed E-state index contributed by atoms with van der Waals surface area (Å²) in [5.74, 6) is 0.211. The van der Waals surface area contributed by atoms with Crippen LogP contribution in [0.4, 0.5) is 11.6 Å². The SMILES string of the molecule is Cl.NCCCn1cc(Nc2ncc3nnn(-c4ccc(OCCCC(=O)O)cc4)c3n2)cn1. The van der Waals surface area contributed by atoms with Crippen LogP contribution in [0.15, 0.2) is 42.9 Å². The lowest BCUT2D eigenvalue weighted by atomic mass is 10.3. The predicted molar refractivity (Wildman–Crippen MR) is 123 cm³/mol. The number of aliphatic carboxylic acids is 1. The van der Waals surface area contributed by atoms with Gasteiger partial charge >= 0.3 is 5.97 Å². The molecule has 4 N–H and O–H groups in total. The molecule has 174 valence electrons. The van der Waals surface area contributed by atoms with E-state index in [1.165, 1.54) is 0 Å². The Hall–Kier alpha value is -3.77. The lowest BCUT2D eigenvalue weighted by Crippen LogP contribution is -2.05. The number of benzene rings is 1. The van der Waals surface area contributed by atoms with Gasteiger partial charge in [0.25, 0.3) is 0 Å². The maximum absolute atomic E-state index is 10.6. The third-order valence-electron chi connectivity index (χ3n) is 4.56. The Morgan fingerprint density at radius 2 is 2.00 bits per heavy atom. The molecule has 0 bridgehead atoms.